The Balaban J connectivity index is 1.88. The van der Waals surface area contributed by atoms with Crippen LogP contribution in [0.5, 0.6) is 11.5 Å². The van der Waals surface area contributed by atoms with E-state index in [1.807, 2.05) is 0 Å². The third-order valence-corrected chi connectivity index (χ3v) is 4.89. The van der Waals surface area contributed by atoms with E-state index < -0.39 is 0 Å². The van der Waals surface area contributed by atoms with Crippen molar-refractivity contribution in [2.24, 2.45) is 4.99 Å². The lowest BCUT2D eigenvalue weighted by molar-refractivity contribution is -0.115. The van der Waals surface area contributed by atoms with Gasteiger partial charge < -0.3 is 15.2 Å². The molecule has 25 heavy (non-hydrogen) atoms. The first kappa shape index (κ1) is 17.5. The largest absolute Gasteiger partial charge is 0.504 e. The van der Waals surface area contributed by atoms with Gasteiger partial charge in [-0.15, -0.1) is 0 Å². The molecule has 1 aliphatic heterocycles. The van der Waals surface area contributed by atoms with Crippen LogP contribution in [0.2, 0.25) is 0 Å². The van der Waals surface area contributed by atoms with Crippen molar-refractivity contribution in [1.82, 2.24) is 5.32 Å². The summed E-state index contributed by atoms with van der Waals surface area (Å²) in [7, 11) is 1.45. The standard InChI is InChI=1S/C17H12BrFN2O3S/c1-24-14-6-9(12(18)8-13(14)22)7-15-16(23)21-17(25-15)20-11-4-2-10(19)3-5-11/h2-8,22H,1H3,(H,20,21,23)/b15-7+. The summed E-state index contributed by atoms with van der Waals surface area (Å²) in [5.74, 6) is -0.333. The maximum absolute atomic E-state index is 12.9. The molecule has 0 aliphatic carbocycles. The van der Waals surface area contributed by atoms with E-state index in [1.165, 1.54) is 49.2 Å². The van der Waals surface area contributed by atoms with E-state index in [4.69, 9.17) is 4.74 Å². The van der Waals surface area contributed by atoms with Gasteiger partial charge in [-0.3, -0.25) is 4.79 Å². The van der Waals surface area contributed by atoms with Gasteiger partial charge in [0.25, 0.3) is 5.91 Å². The van der Waals surface area contributed by atoms with Crippen LogP contribution in [0.25, 0.3) is 6.08 Å². The molecule has 128 valence electrons. The van der Waals surface area contributed by atoms with Gasteiger partial charge in [-0.2, -0.15) is 0 Å². The molecule has 2 N–H and O–H groups in total. The second kappa shape index (κ2) is 7.28. The number of nitrogens with zero attached hydrogens (tertiary/aromatic N) is 1. The molecule has 0 spiro atoms. The molecule has 2 aromatic carbocycles. The Hall–Kier alpha value is -2.32. The molecule has 8 heteroatoms. The molecule has 0 unspecified atom stereocenters. The average molecular weight is 423 g/mol. The van der Waals surface area contributed by atoms with Gasteiger partial charge in [0.15, 0.2) is 16.7 Å². The number of carbonyl (C=O) groups is 1. The van der Waals surface area contributed by atoms with E-state index in [0.29, 0.717) is 31.5 Å². The minimum Gasteiger partial charge on any atom is -0.504 e. The number of carbonyl (C=O) groups excluding carboxylic acids is 1. The van der Waals surface area contributed by atoms with Gasteiger partial charge in [0.2, 0.25) is 0 Å². The van der Waals surface area contributed by atoms with Crippen LogP contribution < -0.4 is 10.1 Å². The summed E-state index contributed by atoms with van der Waals surface area (Å²) in [5, 5.41) is 12.8. The number of aliphatic imine (C=N–C) groups is 1. The Morgan fingerprint density at radius 1 is 1.32 bits per heavy atom. The zero-order chi connectivity index (χ0) is 18.0. The highest BCUT2D eigenvalue weighted by Gasteiger charge is 2.24. The van der Waals surface area contributed by atoms with E-state index in [2.05, 4.69) is 26.2 Å². The molecular formula is C17H12BrFN2O3S. The number of amidine groups is 1. The van der Waals surface area contributed by atoms with Crippen molar-refractivity contribution in [3.8, 4) is 11.5 Å². The smallest absolute Gasteiger partial charge is 0.264 e. The number of amides is 1. The summed E-state index contributed by atoms with van der Waals surface area (Å²) in [6.07, 6.45) is 1.67. The summed E-state index contributed by atoms with van der Waals surface area (Å²) in [6, 6.07) is 8.77. The van der Waals surface area contributed by atoms with Crippen LogP contribution in [-0.2, 0) is 4.79 Å². The minimum absolute atomic E-state index is 0.00128. The van der Waals surface area contributed by atoms with Crippen LogP contribution in [-0.4, -0.2) is 23.3 Å². The summed E-state index contributed by atoms with van der Waals surface area (Å²) in [5.41, 5.74) is 1.22. The van der Waals surface area contributed by atoms with Crippen molar-refractivity contribution in [1.29, 1.82) is 0 Å². The van der Waals surface area contributed by atoms with Gasteiger partial charge in [-0.05, 0) is 59.8 Å². The van der Waals surface area contributed by atoms with Crippen molar-refractivity contribution in [2.75, 3.05) is 7.11 Å². The van der Waals surface area contributed by atoms with E-state index in [-0.39, 0.29) is 17.5 Å². The first-order valence-electron chi connectivity index (χ1n) is 7.08. The number of hydrogen-bond acceptors (Lipinski definition) is 5. The van der Waals surface area contributed by atoms with Gasteiger partial charge in [0, 0.05) is 4.47 Å². The summed E-state index contributed by atoms with van der Waals surface area (Å²) >= 11 is 4.52. The van der Waals surface area contributed by atoms with E-state index in [0.717, 1.165) is 0 Å². The number of phenolic OH excluding ortho intramolecular Hbond substituents is 1. The summed E-state index contributed by atoms with van der Waals surface area (Å²) < 4.78 is 18.6. The van der Waals surface area contributed by atoms with E-state index in [1.54, 1.807) is 12.1 Å². The van der Waals surface area contributed by atoms with Gasteiger partial charge in [0.05, 0.1) is 17.7 Å². The lowest BCUT2D eigenvalue weighted by Gasteiger charge is -2.06. The normalized spacial score (nSPS) is 17.2. The van der Waals surface area contributed by atoms with Crippen LogP contribution in [0.4, 0.5) is 10.1 Å². The quantitative estimate of drug-likeness (QED) is 0.727. The fourth-order valence-corrected chi connectivity index (χ4v) is 3.37. The number of ether oxygens (including phenoxy) is 1. The Labute approximate surface area is 155 Å². The third kappa shape index (κ3) is 4.02. The summed E-state index contributed by atoms with van der Waals surface area (Å²) in [6.45, 7) is 0. The first-order valence-corrected chi connectivity index (χ1v) is 8.69. The van der Waals surface area contributed by atoms with Gasteiger partial charge in [-0.1, -0.05) is 15.9 Å². The van der Waals surface area contributed by atoms with Crippen LogP contribution >= 0.6 is 27.7 Å². The Kier molecular flexibility index (Phi) is 5.10. The number of nitrogens with one attached hydrogen (secondary N) is 1. The SMILES string of the molecule is COc1cc(/C=C2/SC(=Nc3ccc(F)cc3)NC2=O)c(Br)cc1O. The predicted molar refractivity (Wildman–Crippen MR) is 99.6 cm³/mol. The predicted octanol–water partition coefficient (Wildman–Crippen LogP) is 4.19. The number of phenols is 1. The van der Waals surface area contributed by atoms with Crippen LogP contribution in [0.15, 0.2) is 50.8 Å². The molecule has 0 aromatic heterocycles. The van der Waals surface area contributed by atoms with Gasteiger partial charge in [-0.25, -0.2) is 9.38 Å². The Morgan fingerprint density at radius 3 is 2.72 bits per heavy atom. The summed E-state index contributed by atoms with van der Waals surface area (Å²) in [4.78, 5) is 16.8. The lowest BCUT2D eigenvalue weighted by Crippen LogP contribution is -2.19. The van der Waals surface area contributed by atoms with E-state index in [9.17, 15) is 14.3 Å². The van der Waals surface area contributed by atoms with Crippen molar-refractivity contribution in [2.45, 2.75) is 0 Å². The van der Waals surface area contributed by atoms with E-state index >= 15 is 0 Å². The molecule has 0 radical (unpaired) electrons. The van der Waals surface area contributed by atoms with Crippen LogP contribution in [0.1, 0.15) is 5.56 Å². The molecule has 1 amide bonds. The highest BCUT2D eigenvalue weighted by Crippen LogP contribution is 2.35. The van der Waals surface area contributed by atoms with Gasteiger partial charge >= 0.3 is 0 Å². The first-order chi connectivity index (χ1) is 12.0. The molecule has 0 saturated carbocycles. The van der Waals surface area contributed by atoms with Crippen molar-refractivity contribution >= 4 is 50.5 Å². The number of halogens is 2. The fraction of sp³-hybridized carbons (Fsp3) is 0.0588. The molecule has 5 nitrogen and oxygen atoms in total. The second-order valence-corrected chi connectivity index (χ2v) is 6.89. The monoisotopic (exact) mass is 422 g/mol. The number of hydrogen-bond donors (Lipinski definition) is 2. The van der Waals surface area contributed by atoms with Crippen molar-refractivity contribution in [3.05, 3.63) is 57.2 Å². The molecule has 3 rings (SSSR count). The molecule has 0 bridgehead atoms. The Morgan fingerprint density at radius 2 is 2.04 bits per heavy atom. The number of benzene rings is 2. The second-order valence-electron chi connectivity index (χ2n) is 5.00. The molecule has 1 aliphatic rings. The highest BCUT2D eigenvalue weighted by atomic mass is 79.9. The number of rotatable bonds is 3. The maximum Gasteiger partial charge on any atom is 0.264 e. The van der Waals surface area contributed by atoms with Crippen molar-refractivity contribution in [3.63, 3.8) is 0 Å². The number of thioether (sulfide) groups is 1. The lowest BCUT2D eigenvalue weighted by atomic mass is 10.2. The van der Waals surface area contributed by atoms with Gasteiger partial charge in [0.1, 0.15) is 5.82 Å². The maximum atomic E-state index is 12.9. The number of aromatic hydroxyl groups is 1. The molecular weight excluding hydrogens is 411 g/mol. The topological polar surface area (TPSA) is 70.9 Å². The molecule has 1 saturated heterocycles. The number of methoxy groups -OCH3 is 1. The molecule has 1 fully saturated rings. The zero-order valence-electron chi connectivity index (χ0n) is 12.9. The van der Waals surface area contributed by atoms with Crippen LogP contribution in [0, 0.1) is 5.82 Å². The molecule has 2 aromatic rings. The average Bonchev–Trinajstić information content (AvgIpc) is 2.91. The molecule has 0 atom stereocenters. The zero-order valence-corrected chi connectivity index (χ0v) is 15.3. The minimum atomic E-state index is -0.348. The van der Waals surface area contributed by atoms with Crippen LogP contribution in [0.3, 0.4) is 0 Å². The molecule has 1 heterocycles. The highest BCUT2D eigenvalue weighted by molar-refractivity contribution is 9.10. The third-order valence-electron chi connectivity index (χ3n) is 3.29. The van der Waals surface area contributed by atoms with Crippen molar-refractivity contribution < 1.29 is 19.0 Å². The Bertz CT molecular complexity index is 898. The fourth-order valence-electron chi connectivity index (χ4n) is 2.09.